The molecular weight excluding hydrogens is 827 g/mol. The van der Waals surface area contributed by atoms with Crippen LogP contribution in [0.1, 0.15) is 11.1 Å². The summed E-state index contributed by atoms with van der Waals surface area (Å²) in [4.78, 5) is 15.3. The Morgan fingerprint density at radius 3 is 1.41 bits per heavy atom. The predicted octanol–water partition coefficient (Wildman–Crippen LogP) is 15.8. The standard InChI is InChI=1S/C63H37N5/c64-38-40-24-26-41(27-25-40)42-30-34-46(35-31-42)62-66-61(45-12-2-1-3-13-45)67-63(68-62)57-21-9-8-20-56(57)60-48(39-65)15-11-23-54(60)51-17-5-4-16-50(51)44-32-28-43(29-33-44)49-36-47-14-10-22-55-52-18-6-7-19-53(52)58(37-49)59(47)55/h1-37H. The normalized spacial score (nSPS) is 11.2. The molecule has 0 aliphatic heterocycles. The summed E-state index contributed by atoms with van der Waals surface area (Å²) in [6.07, 6.45) is 0. The highest BCUT2D eigenvalue weighted by Crippen LogP contribution is 2.49. The summed E-state index contributed by atoms with van der Waals surface area (Å²) < 4.78 is 0. The van der Waals surface area contributed by atoms with Gasteiger partial charge in [0.25, 0.3) is 0 Å². The van der Waals surface area contributed by atoms with Gasteiger partial charge in [-0.25, -0.2) is 15.0 Å². The molecule has 5 nitrogen and oxygen atoms in total. The maximum atomic E-state index is 10.8. The zero-order chi connectivity index (χ0) is 45.6. The van der Waals surface area contributed by atoms with Crippen molar-refractivity contribution in [1.29, 1.82) is 10.5 Å². The Morgan fingerprint density at radius 2 is 0.750 bits per heavy atom. The Bertz CT molecular complexity index is 3840. The number of rotatable bonds is 8. The van der Waals surface area contributed by atoms with Gasteiger partial charge in [0.1, 0.15) is 0 Å². The van der Waals surface area contributed by atoms with Crippen molar-refractivity contribution >= 4 is 10.8 Å². The first kappa shape index (κ1) is 40.0. The van der Waals surface area contributed by atoms with Gasteiger partial charge in [-0.2, -0.15) is 10.5 Å². The van der Waals surface area contributed by atoms with Gasteiger partial charge in [-0.1, -0.05) is 194 Å². The van der Waals surface area contributed by atoms with Crippen LogP contribution in [0.25, 0.3) is 123 Å². The van der Waals surface area contributed by atoms with Crippen molar-refractivity contribution in [3.8, 4) is 124 Å². The Kier molecular flexibility index (Phi) is 9.87. The first-order valence-electron chi connectivity index (χ1n) is 22.5. The number of benzene rings is 10. The van der Waals surface area contributed by atoms with Crippen LogP contribution in [0.3, 0.4) is 0 Å². The molecule has 0 spiro atoms. The molecule has 314 valence electrons. The van der Waals surface area contributed by atoms with Gasteiger partial charge in [0, 0.05) is 22.3 Å². The maximum Gasteiger partial charge on any atom is 0.164 e. The molecule has 68 heavy (non-hydrogen) atoms. The van der Waals surface area contributed by atoms with E-state index in [1.165, 1.54) is 38.6 Å². The molecule has 0 fully saturated rings. The number of nitrogens with zero attached hydrogens (tertiary/aromatic N) is 5. The summed E-state index contributed by atoms with van der Waals surface area (Å²) in [6.45, 7) is 0. The van der Waals surface area contributed by atoms with E-state index in [0.29, 0.717) is 28.6 Å². The van der Waals surface area contributed by atoms with Crippen LogP contribution >= 0.6 is 0 Å². The van der Waals surface area contributed by atoms with Crippen molar-refractivity contribution in [1.82, 2.24) is 15.0 Å². The fourth-order valence-electron chi connectivity index (χ4n) is 9.74. The molecule has 0 amide bonds. The van der Waals surface area contributed by atoms with E-state index in [0.717, 1.165) is 66.8 Å². The highest BCUT2D eigenvalue weighted by Gasteiger charge is 2.23. The average molecular weight is 864 g/mol. The second-order valence-corrected chi connectivity index (χ2v) is 16.9. The molecule has 11 aromatic rings. The van der Waals surface area contributed by atoms with Gasteiger partial charge >= 0.3 is 0 Å². The molecule has 1 aliphatic carbocycles. The number of hydrogen-bond acceptors (Lipinski definition) is 5. The molecule has 0 bridgehead atoms. The molecule has 0 N–H and O–H groups in total. The van der Waals surface area contributed by atoms with Gasteiger partial charge < -0.3 is 0 Å². The van der Waals surface area contributed by atoms with E-state index in [1.54, 1.807) is 0 Å². The van der Waals surface area contributed by atoms with E-state index in [2.05, 4.69) is 127 Å². The molecule has 0 radical (unpaired) electrons. The average Bonchev–Trinajstić information content (AvgIpc) is 3.75. The van der Waals surface area contributed by atoms with Crippen LogP contribution in [0, 0.1) is 22.7 Å². The van der Waals surface area contributed by atoms with E-state index in [9.17, 15) is 10.5 Å². The number of hydrogen-bond donors (Lipinski definition) is 0. The first-order chi connectivity index (χ1) is 33.6. The first-order valence-corrected chi connectivity index (χ1v) is 22.5. The zero-order valence-electron chi connectivity index (χ0n) is 36.6. The lowest BCUT2D eigenvalue weighted by atomic mass is 9.85. The predicted molar refractivity (Wildman–Crippen MR) is 275 cm³/mol. The largest absolute Gasteiger partial charge is 0.208 e. The molecule has 0 unspecified atom stereocenters. The molecule has 10 aromatic carbocycles. The summed E-state index contributed by atoms with van der Waals surface area (Å²) in [5, 5.41) is 22.7. The van der Waals surface area contributed by atoms with Crippen molar-refractivity contribution < 1.29 is 0 Å². The Hall–Kier alpha value is -9.55. The molecule has 0 saturated carbocycles. The number of aromatic nitrogens is 3. The highest BCUT2D eigenvalue weighted by molar-refractivity contribution is 6.16. The molecule has 1 heterocycles. The van der Waals surface area contributed by atoms with E-state index < -0.39 is 0 Å². The summed E-state index contributed by atoms with van der Waals surface area (Å²) in [5.41, 5.74) is 18.9. The molecule has 12 rings (SSSR count). The number of nitriles is 2. The van der Waals surface area contributed by atoms with Crippen molar-refractivity contribution in [3.05, 3.63) is 236 Å². The molecule has 0 saturated heterocycles. The van der Waals surface area contributed by atoms with E-state index in [-0.39, 0.29) is 0 Å². The van der Waals surface area contributed by atoms with Crippen LogP contribution in [-0.4, -0.2) is 15.0 Å². The minimum Gasteiger partial charge on any atom is -0.208 e. The second-order valence-electron chi connectivity index (χ2n) is 16.9. The third-order valence-electron chi connectivity index (χ3n) is 13.0. The van der Waals surface area contributed by atoms with Crippen LogP contribution in [-0.2, 0) is 0 Å². The topological polar surface area (TPSA) is 86.2 Å². The lowest BCUT2D eigenvalue weighted by molar-refractivity contribution is 1.07. The van der Waals surface area contributed by atoms with Gasteiger partial charge in [0.05, 0.1) is 23.3 Å². The monoisotopic (exact) mass is 863 g/mol. The lowest BCUT2D eigenvalue weighted by Crippen LogP contribution is -2.02. The summed E-state index contributed by atoms with van der Waals surface area (Å²) in [7, 11) is 0. The smallest absolute Gasteiger partial charge is 0.164 e. The molecular formula is C63H37N5. The van der Waals surface area contributed by atoms with Crippen LogP contribution in [0.2, 0.25) is 0 Å². The Morgan fingerprint density at radius 1 is 0.279 bits per heavy atom. The minimum absolute atomic E-state index is 0.495. The fraction of sp³-hybridized carbons (Fsp3) is 0. The summed E-state index contributed by atoms with van der Waals surface area (Å²) in [6, 6.07) is 81.6. The second kappa shape index (κ2) is 16.8. The SMILES string of the molecule is N#Cc1ccc(-c2ccc(-c3nc(-c4ccccc4)nc(-c4ccccc4-c4c(C#N)cccc4-c4ccccc4-c4ccc(-c5cc6c7c(cccc7c5)-c5ccccc5-6)cc4)n3)cc2)cc1. The van der Waals surface area contributed by atoms with E-state index >= 15 is 0 Å². The van der Waals surface area contributed by atoms with Gasteiger partial charge in [-0.3, -0.25) is 0 Å². The summed E-state index contributed by atoms with van der Waals surface area (Å²) in [5.74, 6) is 1.57. The molecule has 5 heteroatoms. The van der Waals surface area contributed by atoms with Gasteiger partial charge in [-0.05, 0) is 113 Å². The van der Waals surface area contributed by atoms with E-state index in [1.807, 2.05) is 109 Å². The Labute approximate surface area is 394 Å². The van der Waals surface area contributed by atoms with Crippen LogP contribution in [0.5, 0.6) is 0 Å². The quantitative estimate of drug-likeness (QED) is 0.152. The maximum absolute atomic E-state index is 10.8. The van der Waals surface area contributed by atoms with Crippen molar-refractivity contribution in [3.63, 3.8) is 0 Å². The van der Waals surface area contributed by atoms with Gasteiger partial charge in [0.2, 0.25) is 0 Å². The van der Waals surface area contributed by atoms with Gasteiger partial charge in [0.15, 0.2) is 17.5 Å². The van der Waals surface area contributed by atoms with Crippen molar-refractivity contribution in [2.45, 2.75) is 0 Å². The van der Waals surface area contributed by atoms with E-state index in [4.69, 9.17) is 15.0 Å². The van der Waals surface area contributed by atoms with Gasteiger partial charge in [-0.15, -0.1) is 0 Å². The third-order valence-corrected chi connectivity index (χ3v) is 13.0. The van der Waals surface area contributed by atoms with Crippen LogP contribution in [0.4, 0.5) is 0 Å². The van der Waals surface area contributed by atoms with Crippen molar-refractivity contribution in [2.75, 3.05) is 0 Å². The minimum atomic E-state index is 0.495. The highest BCUT2D eigenvalue weighted by atomic mass is 15.0. The summed E-state index contributed by atoms with van der Waals surface area (Å²) >= 11 is 0. The van der Waals surface area contributed by atoms with Crippen LogP contribution < -0.4 is 0 Å². The fourth-order valence-corrected chi connectivity index (χ4v) is 9.74. The number of fused-ring (bicyclic) bond motifs is 3. The van der Waals surface area contributed by atoms with Crippen LogP contribution in [0.15, 0.2) is 224 Å². The molecule has 1 aliphatic rings. The molecule has 0 atom stereocenters. The zero-order valence-corrected chi connectivity index (χ0v) is 36.6. The van der Waals surface area contributed by atoms with Crippen molar-refractivity contribution in [2.24, 2.45) is 0 Å². The Balaban J connectivity index is 0.950. The molecule has 1 aromatic heterocycles. The third kappa shape index (κ3) is 7.00. The lowest BCUT2D eigenvalue weighted by Gasteiger charge is -2.18.